The largest absolute Gasteiger partial charge is 0.480 e. The summed E-state index contributed by atoms with van der Waals surface area (Å²) in [4.78, 5) is 23.9. The number of likely N-dealkylation sites (N-methyl/N-ethyl adjacent to an activating group) is 1. The van der Waals surface area contributed by atoms with Crippen LogP contribution < -0.4 is 5.32 Å². The van der Waals surface area contributed by atoms with E-state index in [9.17, 15) is 9.59 Å². The number of carbonyl (C=O) groups is 2. The summed E-state index contributed by atoms with van der Waals surface area (Å²) in [6.07, 6.45) is 0.830. The minimum Gasteiger partial charge on any atom is -0.480 e. The van der Waals surface area contributed by atoms with Crippen LogP contribution in [0.15, 0.2) is 0 Å². The maximum Gasteiger partial charge on any atom is 0.329 e. The molecular weight excluding hydrogens is 196 g/mol. The van der Waals surface area contributed by atoms with Gasteiger partial charge in [-0.3, -0.25) is 0 Å². The Hall–Kier alpha value is -1.26. The van der Waals surface area contributed by atoms with Crippen LogP contribution in [0.5, 0.6) is 0 Å². The van der Waals surface area contributed by atoms with E-state index in [2.05, 4.69) is 5.32 Å². The Labute approximate surface area is 90.5 Å². The summed E-state index contributed by atoms with van der Waals surface area (Å²) in [6.45, 7) is 7.67. The van der Waals surface area contributed by atoms with Crippen LogP contribution in [-0.4, -0.2) is 40.6 Å². The lowest BCUT2D eigenvalue weighted by Crippen LogP contribution is -2.56. The van der Waals surface area contributed by atoms with Crippen molar-refractivity contribution in [2.24, 2.45) is 0 Å². The summed E-state index contributed by atoms with van der Waals surface area (Å²) >= 11 is 0. The quantitative estimate of drug-likeness (QED) is 0.727. The second-order valence-electron chi connectivity index (χ2n) is 3.84. The van der Waals surface area contributed by atoms with E-state index < -0.39 is 11.5 Å². The van der Waals surface area contributed by atoms with Crippen molar-refractivity contribution in [1.29, 1.82) is 0 Å². The van der Waals surface area contributed by atoms with E-state index in [-0.39, 0.29) is 6.03 Å². The Balaban J connectivity index is 4.61. The molecule has 2 amide bonds. The number of urea groups is 1. The second-order valence-corrected chi connectivity index (χ2v) is 3.84. The average molecular weight is 216 g/mol. The molecule has 5 heteroatoms. The molecule has 0 aromatic heterocycles. The number of hydrogen-bond acceptors (Lipinski definition) is 2. The van der Waals surface area contributed by atoms with Crippen LogP contribution in [0.2, 0.25) is 0 Å². The van der Waals surface area contributed by atoms with Crippen LogP contribution >= 0.6 is 0 Å². The molecule has 0 atom stereocenters. The summed E-state index contributed by atoms with van der Waals surface area (Å²) in [5.41, 5.74) is -1.17. The molecule has 0 spiro atoms. The second kappa shape index (κ2) is 5.58. The number of rotatable bonds is 5. The number of carbonyl (C=O) groups excluding carboxylic acids is 1. The zero-order valence-corrected chi connectivity index (χ0v) is 9.83. The highest BCUT2D eigenvalue weighted by Crippen LogP contribution is 2.14. The molecule has 0 rings (SSSR count). The van der Waals surface area contributed by atoms with Gasteiger partial charge in [0, 0.05) is 13.1 Å². The number of nitrogens with one attached hydrogen (secondary N) is 1. The minimum atomic E-state index is -1.17. The first-order valence-electron chi connectivity index (χ1n) is 5.16. The van der Waals surface area contributed by atoms with Gasteiger partial charge in [-0.1, -0.05) is 6.92 Å². The lowest BCUT2D eigenvalue weighted by atomic mass is 10.0. The Bertz CT molecular complexity index is 239. The summed E-state index contributed by atoms with van der Waals surface area (Å²) in [7, 11) is 0. The molecule has 0 saturated carbocycles. The molecule has 0 aliphatic rings. The molecule has 0 aromatic carbocycles. The van der Waals surface area contributed by atoms with Gasteiger partial charge in [0.15, 0.2) is 0 Å². The molecular formula is C10H20N2O3. The third-order valence-corrected chi connectivity index (χ3v) is 2.29. The number of aliphatic carboxylic acids is 1. The van der Waals surface area contributed by atoms with Crippen molar-refractivity contribution in [2.75, 3.05) is 13.1 Å². The highest BCUT2D eigenvalue weighted by Gasteiger charge is 2.36. The summed E-state index contributed by atoms with van der Waals surface area (Å²) < 4.78 is 0. The topological polar surface area (TPSA) is 69.6 Å². The average Bonchev–Trinajstić information content (AvgIpc) is 2.15. The van der Waals surface area contributed by atoms with Crippen molar-refractivity contribution in [2.45, 2.75) is 39.7 Å². The Morgan fingerprint density at radius 1 is 1.33 bits per heavy atom. The normalized spacial score (nSPS) is 10.9. The Kier molecular flexibility index (Phi) is 5.11. The number of amides is 2. The van der Waals surface area contributed by atoms with Crippen LogP contribution in [0.3, 0.4) is 0 Å². The predicted molar refractivity (Wildman–Crippen MR) is 57.8 cm³/mol. The van der Waals surface area contributed by atoms with E-state index >= 15 is 0 Å². The van der Waals surface area contributed by atoms with Crippen molar-refractivity contribution >= 4 is 12.0 Å². The monoisotopic (exact) mass is 216 g/mol. The smallest absolute Gasteiger partial charge is 0.329 e. The molecule has 0 saturated heterocycles. The van der Waals surface area contributed by atoms with Gasteiger partial charge in [-0.15, -0.1) is 0 Å². The standard InChI is InChI=1S/C10H20N2O3/c1-5-7-11-9(15)12(6-2)10(3,4)8(13)14/h5-7H2,1-4H3,(H,11,15)(H,13,14). The zero-order valence-electron chi connectivity index (χ0n) is 9.83. The molecule has 0 fully saturated rings. The van der Waals surface area contributed by atoms with Gasteiger partial charge in [0.1, 0.15) is 5.54 Å². The molecule has 0 aromatic rings. The van der Waals surface area contributed by atoms with E-state index in [4.69, 9.17) is 5.11 Å². The highest BCUT2D eigenvalue weighted by atomic mass is 16.4. The van der Waals surface area contributed by atoms with Gasteiger partial charge in [0.25, 0.3) is 0 Å². The van der Waals surface area contributed by atoms with Crippen LogP contribution in [0, 0.1) is 0 Å². The number of carboxylic acid groups (broad SMARTS) is 1. The van der Waals surface area contributed by atoms with Crippen LogP contribution in [-0.2, 0) is 4.79 Å². The lowest BCUT2D eigenvalue weighted by Gasteiger charge is -2.34. The molecule has 0 bridgehead atoms. The van der Waals surface area contributed by atoms with Crippen molar-refractivity contribution in [3.8, 4) is 0 Å². The van der Waals surface area contributed by atoms with Crippen LogP contribution in [0.4, 0.5) is 4.79 Å². The van der Waals surface area contributed by atoms with E-state index in [1.807, 2.05) is 6.92 Å². The van der Waals surface area contributed by atoms with Gasteiger partial charge < -0.3 is 15.3 Å². The van der Waals surface area contributed by atoms with Gasteiger partial charge >= 0.3 is 12.0 Å². The molecule has 0 unspecified atom stereocenters. The molecule has 88 valence electrons. The third kappa shape index (κ3) is 3.42. The SMILES string of the molecule is CCCNC(=O)N(CC)C(C)(C)C(=O)O. The Morgan fingerprint density at radius 3 is 2.20 bits per heavy atom. The molecule has 5 nitrogen and oxygen atoms in total. The number of nitrogens with zero attached hydrogens (tertiary/aromatic N) is 1. The van der Waals surface area contributed by atoms with Gasteiger partial charge in [-0.25, -0.2) is 9.59 Å². The van der Waals surface area contributed by atoms with Gasteiger partial charge in [0.2, 0.25) is 0 Å². The minimum absolute atomic E-state index is 0.327. The van der Waals surface area contributed by atoms with E-state index in [0.29, 0.717) is 13.1 Å². The first kappa shape index (κ1) is 13.7. The Morgan fingerprint density at radius 2 is 1.87 bits per heavy atom. The fourth-order valence-electron chi connectivity index (χ4n) is 1.24. The molecule has 0 aliphatic carbocycles. The summed E-state index contributed by atoms with van der Waals surface area (Å²) in [5.74, 6) is -1.00. The van der Waals surface area contributed by atoms with Gasteiger partial charge in [-0.2, -0.15) is 0 Å². The van der Waals surface area contributed by atoms with E-state index in [1.165, 1.54) is 18.7 Å². The van der Waals surface area contributed by atoms with Crippen molar-refractivity contribution in [3.05, 3.63) is 0 Å². The maximum absolute atomic E-state index is 11.6. The van der Waals surface area contributed by atoms with Crippen LogP contribution in [0.25, 0.3) is 0 Å². The van der Waals surface area contributed by atoms with Crippen LogP contribution in [0.1, 0.15) is 34.1 Å². The first-order valence-corrected chi connectivity index (χ1v) is 5.16. The summed E-state index contributed by atoms with van der Waals surface area (Å²) in [5, 5.41) is 11.7. The molecule has 0 aliphatic heterocycles. The van der Waals surface area contributed by atoms with Crippen molar-refractivity contribution in [3.63, 3.8) is 0 Å². The highest BCUT2D eigenvalue weighted by molar-refractivity contribution is 5.85. The molecule has 2 N–H and O–H groups in total. The molecule has 0 radical (unpaired) electrons. The predicted octanol–water partition coefficient (Wildman–Crippen LogP) is 1.29. The number of carboxylic acids is 1. The number of hydrogen-bond donors (Lipinski definition) is 2. The maximum atomic E-state index is 11.6. The van der Waals surface area contributed by atoms with Crippen molar-refractivity contribution in [1.82, 2.24) is 10.2 Å². The van der Waals surface area contributed by atoms with Gasteiger partial charge in [0.05, 0.1) is 0 Å². The third-order valence-electron chi connectivity index (χ3n) is 2.29. The summed E-state index contributed by atoms with van der Waals surface area (Å²) in [6, 6.07) is -0.327. The van der Waals surface area contributed by atoms with Gasteiger partial charge in [-0.05, 0) is 27.2 Å². The molecule has 0 heterocycles. The zero-order chi connectivity index (χ0) is 12.1. The van der Waals surface area contributed by atoms with E-state index in [1.54, 1.807) is 6.92 Å². The first-order chi connectivity index (χ1) is 6.87. The molecule has 15 heavy (non-hydrogen) atoms. The lowest BCUT2D eigenvalue weighted by molar-refractivity contribution is -0.147. The fourth-order valence-corrected chi connectivity index (χ4v) is 1.24. The fraction of sp³-hybridized carbons (Fsp3) is 0.800. The van der Waals surface area contributed by atoms with E-state index in [0.717, 1.165) is 6.42 Å². The van der Waals surface area contributed by atoms with Crippen molar-refractivity contribution < 1.29 is 14.7 Å².